The second-order valence-corrected chi connectivity index (χ2v) is 19.5. The molecule has 6 aliphatic rings. The topological polar surface area (TPSA) is 100 Å². The van der Waals surface area contributed by atoms with E-state index in [4.69, 9.17) is 34.7 Å². The smallest absolute Gasteiger partial charge is 0.334 e. The number of hydrogen-bond donors (Lipinski definition) is 0. The quantitative estimate of drug-likeness (QED) is 0.289. The SMILES string of the molecule is COC(=O)[C@]1(C)CSC([C@]2(C)CSC([C@]3(C)CSC([C@]4(C)CSC([C@]5(C)CSC([C@]6(C)CSC(c7ccccc7)=N6)=N5)=N4)=N3)=N2)=N1. The molecule has 6 aliphatic heterocycles. The van der Waals surface area contributed by atoms with Crippen LogP contribution in [0.15, 0.2) is 60.3 Å². The molecule has 0 saturated carbocycles. The maximum atomic E-state index is 12.4. The minimum absolute atomic E-state index is 0.297. The molecular weight excluding hydrogens is 693 g/mol. The Morgan fingerprint density at radius 1 is 0.543 bits per heavy atom. The van der Waals surface area contributed by atoms with Gasteiger partial charge in [0.05, 0.1) is 37.4 Å². The van der Waals surface area contributed by atoms with Gasteiger partial charge in [0.1, 0.15) is 27.7 Å². The fourth-order valence-electron chi connectivity index (χ4n) is 5.97. The van der Waals surface area contributed by atoms with Gasteiger partial charge in [0, 0.05) is 40.1 Å². The highest BCUT2D eigenvalue weighted by molar-refractivity contribution is 8.18. The van der Waals surface area contributed by atoms with Gasteiger partial charge in [-0.1, -0.05) is 30.3 Å². The highest BCUT2D eigenvalue weighted by Crippen LogP contribution is 2.48. The summed E-state index contributed by atoms with van der Waals surface area (Å²) in [6.07, 6.45) is 0. The Hall–Kier alpha value is -1.19. The number of rotatable bonds is 7. The summed E-state index contributed by atoms with van der Waals surface area (Å²) in [4.78, 5) is 43.7. The van der Waals surface area contributed by atoms with Crippen molar-refractivity contribution in [3.05, 3.63) is 35.9 Å². The predicted octanol–water partition coefficient (Wildman–Crippen LogP) is 6.63. The molecule has 0 spiro atoms. The Labute approximate surface area is 296 Å². The maximum Gasteiger partial charge on any atom is 0.334 e. The van der Waals surface area contributed by atoms with Gasteiger partial charge >= 0.3 is 5.97 Å². The lowest BCUT2D eigenvalue weighted by Crippen LogP contribution is -2.36. The summed E-state index contributed by atoms with van der Waals surface area (Å²) < 4.78 is 5.02. The van der Waals surface area contributed by atoms with Gasteiger partial charge in [-0.15, -0.1) is 70.6 Å². The van der Waals surface area contributed by atoms with Gasteiger partial charge in [-0.05, 0) is 41.5 Å². The Bertz CT molecular complexity index is 1680. The van der Waals surface area contributed by atoms with Crippen molar-refractivity contribution in [3.8, 4) is 0 Å². The summed E-state index contributed by atoms with van der Waals surface area (Å²) in [5.74, 6) is 4.54. The van der Waals surface area contributed by atoms with Crippen LogP contribution < -0.4 is 0 Å². The lowest BCUT2D eigenvalue weighted by molar-refractivity contribution is -0.145. The molecule has 0 N–H and O–H groups in total. The molecule has 14 heteroatoms. The number of methoxy groups -OCH3 is 1. The van der Waals surface area contributed by atoms with Crippen LogP contribution in [0.4, 0.5) is 0 Å². The molecule has 0 aliphatic carbocycles. The summed E-state index contributed by atoms with van der Waals surface area (Å²) in [5.41, 5.74) is -1.62. The zero-order valence-corrected chi connectivity index (χ0v) is 32.0. The Morgan fingerprint density at radius 2 is 0.913 bits per heavy atom. The average molecular weight is 731 g/mol. The Morgan fingerprint density at radius 3 is 1.35 bits per heavy atom. The van der Waals surface area contributed by atoms with Gasteiger partial charge in [0.2, 0.25) is 0 Å². The first kappa shape index (κ1) is 33.3. The van der Waals surface area contributed by atoms with Crippen LogP contribution in [-0.4, -0.2) is 111 Å². The number of ether oxygens (including phenoxy) is 1. The van der Waals surface area contributed by atoms with E-state index in [1.807, 2.05) is 60.0 Å². The first-order valence-electron chi connectivity index (χ1n) is 15.2. The maximum absolute atomic E-state index is 12.4. The monoisotopic (exact) mass is 730 g/mol. The van der Waals surface area contributed by atoms with Gasteiger partial charge in [-0.3, -0.25) is 30.0 Å². The molecule has 1 aromatic carbocycles. The predicted molar refractivity (Wildman–Crippen MR) is 207 cm³/mol. The van der Waals surface area contributed by atoms with Crippen molar-refractivity contribution in [2.75, 3.05) is 41.6 Å². The summed E-state index contributed by atoms with van der Waals surface area (Å²) in [6.45, 7) is 12.8. The molecule has 244 valence electrons. The van der Waals surface area contributed by atoms with E-state index in [2.05, 4.69) is 58.9 Å². The number of esters is 1. The lowest BCUT2D eigenvalue weighted by Gasteiger charge is -2.22. The van der Waals surface area contributed by atoms with Crippen LogP contribution in [0.1, 0.15) is 47.1 Å². The fraction of sp³-hybridized carbons (Fsp3) is 0.594. The number of hydrogen-bond acceptors (Lipinski definition) is 14. The van der Waals surface area contributed by atoms with Gasteiger partial charge in [-0.2, -0.15) is 0 Å². The molecule has 0 fully saturated rings. The first-order valence-corrected chi connectivity index (χ1v) is 21.2. The van der Waals surface area contributed by atoms with Crippen molar-refractivity contribution in [2.45, 2.75) is 74.8 Å². The second kappa shape index (κ2) is 11.7. The molecule has 0 saturated heterocycles. The number of thioether (sulfide) groups is 6. The molecule has 7 rings (SSSR count). The van der Waals surface area contributed by atoms with Crippen molar-refractivity contribution in [1.29, 1.82) is 0 Å². The number of aliphatic imine (C=N–C) groups is 6. The van der Waals surface area contributed by atoms with E-state index in [-0.39, 0.29) is 22.6 Å². The standard InChI is InChI=1S/C32H38N6O2S6/c1-27(13-41-20(33-27)19-11-9-8-10-12-19)21-34-28(2,14-42-21)22-35-29(3,15-43-22)23-36-30(4,16-44-23)24-37-31(5,17-45-24)25-38-32(6,18-46-25)26(39)40-7/h8-12H,13-18H2,1-7H3/t27-,28-,29-,30-,31-,32-/m0/s1. The lowest BCUT2D eigenvalue weighted by atomic mass is 10.0. The molecule has 8 nitrogen and oxygen atoms in total. The van der Waals surface area contributed by atoms with E-state index in [0.29, 0.717) is 5.75 Å². The Kier molecular flexibility index (Phi) is 8.48. The van der Waals surface area contributed by atoms with Crippen LogP contribution in [0.5, 0.6) is 0 Å². The van der Waals surface area contributed by atoms with E-state index in [1.165, 1.54) is 12.7 Å². The zero-order valence-electron chi connectivity index (χ0n) is 27.1. The summed E-state index contributed by atoms with van der Waals surface area (Å²) in [6, 6.07) is 10.4. The van der Waals surface area contributed by atoms with Gasteiger partial charge in [-0.25, -0.2) is 4.79 Å². The molecule has 6 atom stereocenters. The van der Waals surface area contributed by atoms with Crippen molar-refractivity contribution in [1.82, 2.24) is 0 Å². The molecule has 0 aromatic heterocycles. The summed E-state index contributed by atoms with van der Waals surface area (Å²) in [5, 5.41) is 6.33. The third-order valence-electron chi connectivity index (χ3n) is 8.98. The van der Waals surface area contributed by atoms with E-state index in [0.717, 1.165) is 59.0 Å². The first-order chi connectivity index (χ1) is 21.7. The van der Waals surface area contributed by atoms with E-state index in [1.54, 1.807) is 23.5 Å². The normalized spacial score (nSPS) is 40.4. The van der Waals surface area contributed by atoms with Crippen LogP contribution in [0.25, 0.3) is 0 Å². The largest absolute Gasteiger partial charge is 0.467 e. The van der Waals surface area contributed by atoms with Crippen LogP contribution >= 0.6 is 70.6 Å². The second-order valence-electron chi connectivity index (χ2n) is 13.7. The highest BCUT2D eigenvalue weighted by Gasteiger charge is 2.53. The van der Waals surface area contributed by atoms with Crippen LogP contribution in [0, 0.1) is 0 Å². The average Bonchev–Trinajstić information content (AvgIpc) is 3.88. The van der Waals surface area contributed by atoms with Crippen LogP contribution in [0.3, 0.4) is 0 Å². The molecule has 46 heavy (non-hydrogen) atoms. The molecule has 0 unspecified atom stereocenters. The molecular formula is C32H38N6O2S6. The fourth-order valence-corrected chi connectivity index (χ4v) is 14.2. The molecule has 1 aromatic rings. The molecule has 0 radical (unpaired) electrons. The minimum atomic E-state index is -0.852. The highest BCUT2D eigenvalue weighted by atomic mass is 32.2. The van der Waals surface area contributed by atoms with Crippen molar-refractivity contribution in [3.63, 3.8) is 0 Å². The summed E-state index contributed by atoms with van der Waals surface area (Å²) in [7, 11) is 1.42. The van der Waals surface area contributed by atoms with E-state index < -0.39 is 16.6 Å². The molecule has 0 bridgehead atoms. The van der Waals surface area contributed by atoms with Gasteiger partial charge < -0.3 is 4.74 Å². The number of nitrogens with zero attached hydrogens (tertiary/aromatic N) is 6. The third-order valence-corrected chi connectivity index (χ3v) is 17.8. The molecule has 0 amide bonds. The Balaban J connectivity index is 1.09. The number of carbonyl (C=O) groups is 1. The number of carbonyl (C=O) groups excluding carboxylic acids is 1. The van der Waals surface area contributed by atoms with E-state index >= 15 is 0 Å². The number of benzene rings is 1. The summed E-state index contributed by atoms with van der Waals surface area (Å²) >= 11 is 10.7. The third kappa shape index (κ3) is 5.68. The van der Waals surface area contributed by atoms with Crippen LogP contribution in [0.2, 0.25) is 0 Å². The minimum Gasteiger partial charge on any atom is -0.467 e. The van der Waals surface area contributed by atoms with Crippen molar-refractivity contribution < 1.29 is 9.53 Å². The van der Waals surface area contributed by atoms with Gasteiger partial charge in [0.15, 0.2) is 5.54 Å². The van der Waals surface area contributed by atoms with Crippen molar-refractivity contribution in [2.24, 2.45) is 30.0 Å². The van der Waals surface area contributed by atoms with Gasteiger partial charge in [0.25, 0.3) is 0 Å². The zero-order chi connectivity index (χ0) is 32.6. The molecule has 6 heterocycles. The van der Waals surface area contributed by atoms with E-state index in [9.17, 15) is 4.79 Å². The van der Waals surface area contributed by atoms with Crippen molar-refractivity contribution >= 4 is 107 Å². The van der Waals surface area contributed by atoms with Crippen LogP contribution in [-0.2, 0) is 9.53 Å².